The van der Waals surface area contributed by atoms with E-state index in [1.165, 1.54) is 0 Å². The molecule has 0 aliphatic rings. The van der Waals surface area contributed by atoms with Gasteiger partial charge in [0.25, 0.3) is 0 Å². The first kappa shape index (κ1) is 10.6. The third-order valence-electron chi connectivity index (χ3n) is 1.34. The van der Waals surface area contributed by atoms with E-state index in [0.29, 0.717) is 5.54 Å². The first-order valence-electron chi connectivity index (χ1n) is 3.17. The van der Waals surface area contributed by atoms with Crippen molar-refractivity contribution >= 4 is 33.4 Å². The maximum absolute atomic E-state index is 12.9. The molecule has 0 heterocycles. The van der Waals surface area contributed by atoms with Crippen LogP contribution in [0.2, 0.25) is 0 Å². The molecule has 0 spiro atoms. The molecule has 0 amide bonds. The van der Waals surface area contributed by atoms with Gasteiger partial charge in [-0.1, -0.05) is 27.5 Å². The van der Waals surface area contributed by atoms with E-state index < -0.39 is 23.0 Å². The van der Waals surface area contributed by atoms with Crippen molar-refractivity contribution in [2.45, 2.75) is 0 Å². The lowest BCUT2D eigenvalue weighted by Gasteiger charge is -2.01. The Morgan fingerprint density at radius 1 is 1.31 bits per heavy atom. The van der Waals surface area contributed by atoms with Crippen LogP contribution in [-0.4, -0.2) is 0 Å². The first-order chi connectivity index (χ1) is 6.06. The summed E-state index contributed by atoms with van der Waals surface area (Å²) in [5.41, 5.74) is -0.270. The largest absolute Gasteiger partial charge is 0.206 e. The number of benzene rings is 1. The summed E-state index contributed by atoms with van der Waals surface area (Å²) in [7, 11) is 0. The zero-order valence-electron chi connectivity index (χ0n) is 6.12. The van der Waals surface area contributed by atoms with Gasteiger partial charge >= 0.3 is 0 Å². The van der Waals surface area contributed by atoms with Gasteiger partial charge in [-0.3, -0.25) is 0 Å². The zero-order chi connectivity index (χ0) is 10.0. The quantitative estimate of drug-likeness (QED) is 0.717. The van der Waals surface area contributed by atoms with Gasteiger partial charge in [-0.25, -0.2) is 13.2 Å². The fraction of sp³-hybridized carbons (Fsp3) is 0. The van der Waals surface area contributed by atoms with Crippen molar-refractivity contribution in [3.05, 3.63) is 39.3 Å². The van der Waals surface area contributed by atoms with Crippen molar-refractivity contribution in [1.29, 1.82) is 0 Å². The molecule has 13 heavy (non-hydrogen) atoms. The van der Waals surface area contributed by atoms with Gasteiger partial charge in [0.1, 0.15) is 17.5 Å². The minimum absolute atomic E-state index is 0.202. The Balaban J connectivity index is 3.37. The summed E-state index contributed by atoms with van der Waals surface area (Å²) in [6.45, 7) is 0. The lowest BCUT2D eigenvalue weighted by atomic mass is 10.2. The summed E-state index contributed by atoms with van der Waals surface area (Å²) in [5.74, 6) is -3.13. The predicted octanol–water partition coefficient (Wildman–Crippen LogP) is 4.23. The molecule has 0 atom stereocenters. The highest BCUT2D eigenvalue weighted by molar-refractivity contribution is 9.10. The Morgan fingerprint density at radius 2 is 1.77 bits per heavy atom. The average molecular weight is 271 g/mol. The van der Waals surface area contributed by atoms with Gasteiger partial charge < -0.3 is 0 Å². The Hall–Kier alpha value is -0.480. The monoisotopic (exact) mass is 270 g/mol. The first-order valence-corrected chi connectivity index (χ1v) is 4.40. The van der Waals surface area contributed by atoms with E-state index in [9.17, 15) is 13.2 Å². The molecule has 0 unspecified atom stereocenters. The molecule has 0 saturated heterocycles. The second-order valence-corrected chi connectivity index (χ2v) is 3.34. The van der Waals surface area contributed by atoms with Crippen molar-refractivity contribution in [2.24, 2.45) is 0 Å². The van der Waals surface area contributed by atoms with Gasteiger partial charge in [-0.15, -0.1) is 0 Å². The van der Waals surface area contributed by atoms with Crippen LogP contribution in [-0.2, 0) is 0 Å². The van der Waals surface area contributed by atoms with Crippen molar-refractivity contribution in [2.75, 3.05) is 0 Å². The van der Waals surface area contributed by atoms with E-state index in [0.717, 1.165) is 12.1 Å². The molecule has 0 aliphatic carbocycles. The summed E-state index contributed by atoms with van der Waals surface area (Å²) in [4.78, 5) is 0. The van der Waals surface area contributed by atoms with Gasteiger partial charge in [0.15, 0.2) is 0 Å². The van der Waals surface area contributed by atoms with Crippen molar-refractivity contribution in [3.63, 3.8) is 0 Å². The fourth-order valence-electron chi connectivity index (χ4n) is 0.825. The molecule has 0 bridgehead atoms. The molecule has 0 aliphatic heterocycles. The standard InChI is InChI=1S/C8H3BrClF3/c9-4-1-5(11)8(6(12)2-4)7(13)3-10/h1-3H. The van der Waals surface area contributed by atoms with E-state index in [-0.39, 0.29) is 4.47 Å². The van der Waals surface area contributed by atoms with Crippen LogP contribution >= 0.6 is 27.5 Å². The van der Waals surface area contributed by atoms with Gasteiger partial charge in [0.2, 0.25) is 0 Å². The summed E-state index contributed by atoms with van der Waals surface area (Å²) >= 11 is 7.85. The van der Waals surface area contributed by atoms with Crippen molar-refractivity contribution < 1.29 is 13.2 Å². The second kappa shape index (κ2) is 4.15. The van der Waals surface area contributed by atoms with Crippen LogP contribution in [0.4, 0.5) is 13.2 Å². The van der Waals surface area contributed by atoms with E-state index in [1.807, 2.05) is 0 Å². The Kier molecular flexibility index (Phi) is 3.39. The number of hydrogen-bond acceptors (Lipinski definition) is 0. The highest BCUT2D eigenvalue weighted by Gasteiger charge is 2.14. The van der Waals surface area contributed by atoms with E-state index >= 15 is 0 Å². The van der Waals surface area contributed by atoms with Crippen LogP contribution in [0.3, 0.4) is 0 Å². The molecule has 1 aromatic rings. The average Bonchev–Trinajstić information content (AvgIpc) is 2.02. The molecule has 0 nitrogen and oxygen atoms in total. The zero-order valence-corrected chi connectivity index (χ0v) is 8.46. The van der Waals surface area contributed by atoms with E-state index in [2.05, 4.69) is 15.9 Å². The molecule has 0 aromatic heterocycles. The molecule has 5 heteroatoms. The molecule has 0 radical (unpaired) electrons. The number of halogens is 5. The minimum Gasteiger partial charge on any atom is -0.206 e. The number of hydrogen-bond donors (Lipinski definition) is 0. The summed E-state index contributed by atoms with van der Waals surface area (Å²) in [6, 6.07) is 1.91. The molecule has 70 valence electrons. The minimum atomic E-state index is -1.14. The van der Waals surface area contributed by atoms with Crippen LogP contribution in [0.1, 0.15) is 5.56 Å². The third-order valence-corrected chi connectivity index (χ3v) is 1.99. The SMILES string of the molecule is FC(=CCl)c1c(F)cc(Br)cc1F. The van der Waals surface area contributed by atoms with E-state index in [4.69, 9.17) is 11.6 Å². The van der Waals surface area contributed by atoms with Crippen LogP contribution in [0, 0.1) is 11.6 Å². The van der Waals surface area contributed by atoms with Gasteiger partial charge in [-0.2, -0.15) is 0 Å². The molecule has 0 fully saturated rings. The number of rotatable bonds is 1. The summed E-state index contributed by atoms with van der Waals surface area (Å²) in [6.07, 6.45) is 0. The normalized spacial score (nSPS) is 11.9. The van der Waals surface area contributed by atoms with Crippen molar-refractivity contribution in [1.82, 2.24) is 0 Å². The fourth-order valence-corrected chi connectivity index (χ4v) is 1.34. The Labute approximate surface area is 86.1 Å². The summed E-state index contributed by atoms with van der Waals surface area (Å²) < 4.78 is 38.8. The van der Waals surface area contributed by atoms with Crippen LogP contribution in [0.15, 0.2) is 22.1 Å². The van der Waals surface area contributed by atoms with Crippen molar-refractivity contribution in [3.8, 4) is 0 Å². The maximum atomic E-state index is 12.9. The predicted molar refractivity (Wildman–Crippen MR) is 49.0 cm³/mol. The molecular formula is C8H3BrClF3. The lowest BCUT2D eigenvalue weighted by molar-refractivity contribution is 0.564. The molecule has 1 aromatic carbocycles. The van der Waals surface area contributed by atoms with Gasteiger partial charge in [0.05, 0.1) is 5.56 Å². The van der Waals surface area contributed by atoms with Crippen LogP contribution < -0.4 is 0 Å². The highest BCUT2D eigenvalue weighted by atomic mass is 79.9. The molecule has 0 saturated carbocycles. The van der Waals surface area contributed by atoms with Gasteiger partial charge in [-0.05, 0) is 12.1 Å². The van der Waals surface area contributed by atoms with Crippen LogP contribution in [0.5, 0.6) is 0 Å². The maximum Gasteiger partial charge on any atom is 0.147 e. The lowest BCUT2D eigenvalue weighted by Crippen LogP contribution is -1.91. The topological polar surface area (TPSA) is 0 Å². The third kappa shape index (κ3) is 2.25. The van der Waals surface area contributed by atoms with E-state index in [1.54, 1.807) is 0 Å². The molecule has 1 rings (SSSR count). The Bertz CT molecular complexity index is 339. The summed E-state index contributed by atoms with van der Waals surface area (Å²) in [5, 5.41) is 0. The van der Waals surface area contributed by atoms with Gasteiger partial charge in [0, 0.05) is 10.0 Å². The Morgan fingerprint density at radius 3 is 2.15 bits per heavy atom. The molecular weight excluding hydrogens is 268 g/mol. The smallest absolute Gasteiger partial charge is 0.147 e. The second-order valence-electron chi connectivity index (χ2n) is 2.20. The van der Waals surface area contributed by atoms with Crippen LogP contribution in [0.25, 0.3) is 5.83 Å². The molecule has 0 N–H and O–H groups in total. The highest BCUT2D eigenvalue weighted by Crippen LogP contribution is 2.26.